The summed E-state index contributed by atoms with van der Waals surface area (Å²) in [6.07, 6.45) is 6.46. The summed E-state index contributed by atoms with van der Waals surface area (Å²) in [4.78, 5) is 10.9. The molecule has 0 bridgehead atoms. The third-order valence-corrected chi connectivity index (χ3v) is 4.91. The van der Waals surface area contributed by atoms with E-state index in [1.165, 1.54) is 23.9 Å². The Balaban J connectivity index is 2.68. The van der Waals surface area contributed by atoms with Crippen molar-refractivity contribution in [1.82, 2.24) is 9.29 Å². The molecule has 1 aromatic rings. The third-order valence-electron chi connectivity index (χ3n) is 3.36. The van der Waals surface area contributed by atoms with Crippen LogP contribution in [0.15, 0.2) is 17.2 Å². The largest absolute Gasteiger partial charge is 0.477 e. The van der Waals surface area contributed by atoms with Crippen molar-refractivity contribution in [3.63, 3.8) is 0 Å². The highest BCUT2D eigenvalue weighted by molar-refractivity contribution is 7.89. The lowest BCUT2D eigenvalue weighted by atomic mass is 10.1. The van der Waals surface area contributed by atoms with E-state index in [1.54, 1.807) is 0 Å². The number of unbranched alkanes of at least 4 members (excludes halogenated alkanes) is 3. The Kier molecular flexibility index (Phi) is 6.42. The van der Waals surface area contributed by atoms with E-state index in [2.05, 4.69) is 11.6 Å². The Morgan fingerprint density at radius 2 is 2.05 bits per heavy atom. The van der Waals surface area contributed by atoms with Gasteiger partial charge in [0, 0.05) is 19.3 Å². The van der Waals surface area contributed by atoms with Crippen LogP contribution < -0.4 is 4.72 Å². The molecular weight excluding hydrogens is 292 g/mol. The second-order valence-electron chi connectivity index (χ2n) is 5.35. The number of nitrogens with zero attached hydrogens (tertiary/aromatic N) is 1. The molecule has 1 unspecified atom stereocenters. The Morgan fingerprint density at radius 3 is 2.57 bits per heavy atom. The highest BCUT2D eigenvalue weighted by Gasteiger charge is 2.21. The van der Waals surface area contributed by atoms with Crippen LogP contribution in [0.3, 0.4) is 0 Å². The maximum absolute atomic E-state index is 12.2. The molecular formula is C14H24N2O4S. The molecule has 21 heavy (non-hydrogen) atoms. The molecule has 0 spiro atoms. The first kappa shape index (κ1) is 17.7. The van der Waals surface area contributed by atoms with Crippen molar-refractivity contribution >= 4 is 16.0 Å². The Bertz CT molecular complexity index is 578. The first-order chi connectivity index (χ1) is 9.77. The van der Waals surface area contributed by atoms with Gasteiger partial charge in [-0.25, -0.2) is 17.9 Å². The number of aromatic carboxylic acids is 1. The number of aromatic nitrogens is 1. The lowest BCUT2D eigenvalue weighted by Crippen LogP contribution is -2.32. The number of carboxylic acid groups (broad SMARTS) is 1. The molecule has 1 aromatic heterocycles. The molecule has 0 aliphatic heterocycles. The number of carbonyl (C=O) groups is 1. The fraction of sp³-hybridized carbons (Fsp3) is 0.643. The predicted octanol–water partition coefficient (Wildman–Crippen LogP) is 2.36. The molecule has 120 valence electrons. The van der Waals surface area contributed by atoms with Crippen molar-refractivity contribution in [3.05, 3.63) is 18.0 Å². The van der Waals surface area contributed by atoms with Gasteiger partial charge in [-0.3, -0.25) is 0 Å². The average molecular weight is 316 g/mol. The number of rotatable bonds is 9. The highest BCUT2D eigenvalue weighted by Crippen LogP contribution is 2.15. The van der Waals surface area contributed by atoms with Gasteiger partial charge in [0.25, 0.3) is 0 Å². The van der Waals surface area contributed by atoms with E-state index in [4.69, 9.17) is 5.11 Å². The summed E-state index contributed by atoms with van der Waals surface area (Å²) in [6, 6.07) is 1.01. The maximum Gasteiger partial charge on any atom is 0.352 e. The van der Waals surface area contributed by atoms with E-state index in [1.807, 2.05) is 6.92 Å². The first-order valence-electron chi connectivity index (χ1n) is 7.20. The molecule has 1 heterocycles. The smallest absolute Gasteiger partial charge is 0.352 e. The molecule has 1 atom stereocenters. The van der Waals surface area contributed by atoms with Gasteiger partial charge in [-0.2, -0.15) is 0 Å². The molecule has 0 aliphatic carbocycles. The molecule has 0 saturated heterocycles. The predicted molar refractivity (Wildman–Crippen MR) is 80.9 cm³/mol. The molecule has 0 fully saturated rings. The van der Waals surface area contributed by atoms with Crippen molar-refractivity contribution in [2.75, 3.05) is 0 Å². The second-order valence-corrected chi connectivity index (χ2v) is 7.06. The SMILES string of the molecule is CCCCCCC(C)NS(=O)(=O)c1cc(C(=O)O)n(C)c1. The third kappa shape index (κ3) is 5.17. The van der Waals surface area contributed by atoms with Crippen LogP contribution >= 0.6 is 0 Å². The molecule has 0 radical (unpaired) electrons. The molecule has 0 aliphatic rings. The molecule has 0 saturated carbocycles. The van der Waals surface area contributed by atoms with Crippen LogP contribution in [-0.4, -0.2) is 30.1 Å². The van der Waals surface area contributed by atoms with Gasteiger partial charge in [-0.1, -0.05) is 32.6 Å². The van der Waals surface area contributed by atoms with Crippen molar-refractivity contribution in [1.29, 1.82) is 0 Å². The van der Waals surface area contributed by atoms with Crippen LogP contribution in [0.2, 0.25) is 0 Å². The van der Waals surface area contributed by atoms with Crippen molar-refractivity contribution in [2.24, 2.45) is 7.05 Å². The number of carboxylic acids is 1. The summed E-state index contributed by atoms with van der Waals surface area (Å²) in [6.45, 7) is 3.95. The van der Waals surface area contributed by atoms with Crippen LogP contribution in [0, 0.1) is 0 Å². The van der Waals surface area contributed by atoms with Gasteiger partial charge in [-0.05, 0) is 19.4 Å². The van der Waals surface area contributed by atoms with Gasteiger partial charge in [0.15, 0.2) is 0 Å². The van der Waals surface area contributed by atoms with Gasteiger partial charge in [0.05, 0.1) is 0 Å². The molecule has 2 N–H and O–H groups in total. The summed E-state index contributed by atoms with van der Waals surface area (Å²) in [5, 5.41) is 8.96. The summed E-state index contributed by atoms with van der Waals surface area (Å²) in [5.74, 6) is -1.15. The highest BCUT2D eigenvalue weighted by atomic mass is 32.2. The molecule has 6 nitrogen and oxygen atoms in total. The Morgan fingerprint density at radius 1 is 1.38 bits per heavy atom. The molecule has 7 heteroatoms. The zero-order valence-corrected chi connectivity index (χ0v) is 13.6. The van der Waals surface area contributed by atoms with Crippen LogP contribution in [0.5, 0.6) is 0 Å². The van der Waals surface area contributed by atoms with Crippen molar-refractivity contribution in [2.45, 2.75) is 56.9 Å². The number of aryl methyl sites for hydroxylation is 1. The zero-order valence-electron chi connectivity index (χ0n) is 12.8. The van der Waals surface area contributed by atoms with Crippen LogP contribution in [0.1, 0.15) is 56.4 Å². The quantitative estimate of drug-likeness (QED) is 0.685. The van der Waals surface area contributed by atoms with Crippen molar-refractivity contribution in [3.8, 4) is 0 Å². The van der Waals surface area contributed by atoms with Crippen molar-refractivity contribution < 1.29 is 18.3 Å². The monoisotopic (exact) mass is 316 g/mol. The number of hydrogen-bond acceptors (Lipinski definition) is 3. The van der Waals surface area contributed by atoms with E-state index in [-0.39, 0.29) is 16.6 Å². The summed E-state index contributed by atoms with van der Waals surface area (Å²) in [7, 11) is -2.16. The zero-order chi connectivity index (χ0) is 16.0. The summed E-state index contributed by atoms with van der Waals surface area (Å²) >= 11 is 0. The minimum Gasteiger partial charge on any atom is -0.477 e. The standard InChI is InChI=1S/C14H24N2O4S/c1-4-5-6-7-8-11(2)15-21(19,20)12-9-13(14(17)18)16(3)10-12/h9-11,15H,4-8H2,1-3H3,(H,17,18). The lowest BCUT2D eigenvalue weighted by Gasteiger charge is -2.13. The van der Waals surface area contributed by atoms with E-state index in [0.717, 1.165) is 32.1 Å². The maximum atomic E-state index is 12.2. The molecule has 1 rings (SSSR count). The van der Waals surface area contributed by atoms with E-state index < -0.39 is 16.0 Å². The summed E-state index contributed by atoms with van der Waals surface area (Å²) < 4.78 is 28.3. The van der Waals surface area contributed by atoms with Gasteiger partial charge in [-0.15, -0.1) is 0 Å². The van der Waals surface area contributed by atoms with E-state index in [9.17, 15) is 13.2 Å². The van der Waals surface area contributed by atoms with Gasteiger partial charge < -0.3 is 9.67 Å². The normalized spacial score (nSPS) is 13.3. The van der Waals surface area contributed by atoms with Crippen LogP contribution in [0.4, 0.5) is 0 Å². The second kappa shape index (κ2) is 7.61. The van der Waals surface area contributed by atoms with Gasteiger partial charge >= 0.3 is 5.97 Å². The fourth-order valence-electron chi connectivity index (χ4n) is 2.16. The Labute approximate surface area is 126 Å². The Hall–Kier alpha value is -1.34. The van der Waals surface area contributed by atoms with Gasteiger partial charge in [0.1, 0.15) is 10.6 Å². The van der Waals surface area contributed by atoms with E-state index in [0.29, 0.717) is 0 Å². The number of sulfonamides is 1. The topological polar surface area (TPSA) is 88.4 Å². The number of nitrogens with one attached hydrogen (secondary N) is 1. The molecule has 0 aromatic carbocycles. The minimum atomic E-state index is -3.67. The fourth-order valence-corrected chi connectivity index (χ4v) is 3.51. The van der Waals surface area contributed by atoms with Gasteiger partial charge in [0.2, 0.25) is 10.0 Å². The lowest BCUT2D eigenvalue weighted by molar-refractivity contribution is 0.0686. The first-order valence-corrected chi connectivity index (χ1v) is 8.68. The number of hydrogen-bond donors (Lipinski definition) is 2. The van der Waals surface area contributed by atoms with Crippen LogP contribution in [0.25, 0.3) is 0 Å². The van der Waals surface area contributed by atoms with E-state index >= 15 is 0 Å². The minimum absolute atomic E-state index is 0.0113. The summed E-state index contributed by atoms with van der Waals surface area (Å²) in [5.41, 5.74) is -0.0500. The molecule has 0 amide bonds. The van der Waals surface area contributed by atoms with Crippen LogP contribution in [-0.2, 0) is 17.1 Å². The average Bonchev–Trinajstić information content (AvgIpc) is 2.77.